The molecule has 1 aromatic heterocycles. The second-order valence-corrected chi connectivity index (χ2v) is 7.81. The number of nitrogens with one attached hydrogen (secondary N) is 1. The quantitative estimate of drug-likeness (QED) is 0.393. The van der Waals surface area contributed by atoms with Crippen molar-refractivity contribution in [1.82, 2.24) is 9.88 Å². The predicted octanol–water partition coefficient (Wildman–Crippen LogP) is 4.86. The normalized spacial score (nSPS) is 11.7. The van der Waals surface area contributed by atoms with Crippen LogP contribution in [0.1, 0.15) is 61.9 Å². The van der Waals surface area contributed by atoms with Gasteiger partial charge in [0.05, 0.1) is 12.6 Å². The van der Waals surface area contributed by atoms with Crippen LogP contribution < -0.4 is 0 Å². The Morgan fingerprint density at radius 2 is 1.67 bits per heavy atom. The maximum absolute atomic E-state index is 13.6. The van der Waals surface area contributed by atoms with Crippen molar-refractivity contribution in [1.29, 1.82) is 0 Å². The molecular formula is C26H27FN2O4. The van der Waals surface area contributed by atoms with Crippen molar-refractivity contribution < 1.29 is 23.5 Å². The topological polar surface area (TPSA) is 79.5 Å². The van der Waals surface area contributed by atoms with E-state index in [9.17, 15) is 18.8 Å². The molecule has 0 saturated heterocycles. The van der Waals surface area contributed by atoms with E-state index in [1.54, 1.807) is 70.2 Å². The third-order valence-electron chi connectivity index (χ3n) is 5.56. The maximum Gasteiger partial charge on any atom is 0.355 e. The van der Waals surface area contributed by atoms with Crippen molar-refractivity contribution in [2.45, 2.75) is 40.3 Å². The Morgan fingerprint density at radius 1 is 1.03 bits per heavy atom. The summed E-state index contributed by atoms with van der Waals surface area (Å²) in [6, 6.07) is 13.6. The van der Waals surface area contributed by atoms with Crippen molar-refractivity contribution in [3.05, 3.63) is 94.1 Å². The van der Waals surface area contributed by atoms with Crippen molar-refractivity contribution in [2.24, 2.45) is 0 Å². The summed E-state index contributed by atoms with van der Waals surface area (Å²) in [5, 5.41) is 0. The third kappa shape index (κ3) is 5.19. The Labute approximate surface area is 192 Å². The van der Waals surface area contributed by atoms with E-state index in [1.165, 1.54) is 17.0 Å². The molecule has 0 aliphatic rings. The number of halogens is 1. The molecule has 1 heterocycles. The van der Waals surface area contributed by atoms with Crippen molar-refractivity contribution in [2.75, 3.05) is 6.61 Å². The summed E-state index contributed by atoms with van der Waals surface area (Å²) >= 11 is 0. The van der Waals surface area contributed by atoms with E-state index >= 15 is 0 Å². The second-order valence-electron chi connectivity index (χ2n) is 7.81. The summed E-state index contributed by atoms with van der Waals surface area (Å²) in [4.78, 5) is 43.6. The first-order valence-electron chi connectivity index (χ1n) is 10.8. The van der Waals surface area contributed by atoms with Gasteiger partial charge in [-0.25, -0.2) is 9.18 Å². The minimum atomic E-state index is -0.842. The highest BCUT2D eigenvalue weighted by Gasteiger charge is 2.31. The van der Waals surface area contributed by atoms with Gasteiger partial charge in [0.25, 0.3) is 5.91 Å². The number of aromatic amines is 1. The number of ether oxygens (including phenoxy) is 1. The molecule has 7 heteroatoms. The maximum atomic E-state index is 13.6. The molecule has 0 spiro atoms. The van der Waals surface area contributed by atoms with Crippen LogP contribution in [0.2, 0.25) is 0 Å². The lowest BCUT2D eigenvalue weighted by atomic mass is 9.98. The molecule has 0 fully saturated rings. The number of esters is 1. The number of hydrogen-bond acceptors (Lipinski definition) is 4. The van der Waals surface area contributed by atoms with Crippen LogP contribution in [0, 0.1) is 19.7 Å². The summed E-state index contributed by atoms with van der Waals surface area (Å²) in [7, 11) is 0. The van der Waals surface area contributed by atoms with E-state index in [0.29, 0.717) is 27.9 Å². The van der Waals surface area contributed by atoms with Crippen molar-refractivity contribution in [3.8, 4) is 0 Å². The standard InChI is InChI=1S/C26H27FN2O4/c1-5-33-26(32)23-16(2)22(17(3)28-23)24(30)18(4)29(15-19-11-13-21(27)14-12-19)25(31)20-9-7-6-8-10-20/h6-14,18,28H,5,15H2,1-4H3/t18-/m1/s1. The summed E-state index contributed by atoms with van der Waals surface area (Å²) < 4.78 is 18.5. The van der Waals surface area contributed by atoms with Gasteiger partial charge in [-0.3, -0.25) is 9.59 Å². The van der Waals surface area contributed by atoms with Gasteiger partial charge in [0.15, 0.2) is 5.78 Å². The van der Waals surface area contributed by atoms with Gasteiger partial charge in [0, 0.05) is 23.4 Å². The molecule has 0 aliphatic carbocycles. The number of aryl methyl sites for hydroxylation is 1. The highest BCUT2D eigenvalue weighted by molar-refractivity contribution is 6.07. The number of Topliss-reactive ketones (excluding diaryl/α,β-unsaturated/α-hetero) is 1. The van der Waals surface area contributed by atoms with Gasteiger partial charge < -0.3 is 14.6 Å². The highest BCUT2D eigenvalue weighted by atomic mass is 19.1. The first-order valence-corrected chi connectivity index (χ1v) is 10.8. The van der Waals surface area contributed by atoms with Gasteiger partial charge in [0.2, 0.25) is 0 Å². The fraction of sp³-hybridized carbons (Fsp3) is 0.269. The first-order chi connectivity index (χ1) is 15.7. The number of benzene rings is 2. The van der Waals surface area contributed by atoms with E-state index in [2.05, 4.69) is 4.98 Å². The molecule has 0 radical (unpaired) electrons. The summed E-state index contributed by atoms with van der Waals surface area (Å²) in [6.07, 6.45) is 0. The second kappa shape index (κ2) is 10.3. The zero-order chi connectivity index (χ0) is 24.1. The number of carbonyl (C=O) groups excluding carboxylic acids is 3. The Hall–Kier alpha value is -3.74. The van der Waals surface area contributed by atoms with Crippen LogP contribution in [0.5, 0.6) is 0 Å². The van der Waals surface area contributed by atoms with E-state index in [-0.39, 0.29) is 36.4 Å². The molecule has 0 saturated carbocycles. The number of aromatic nitrogens is 1. The minimum absolute atomic E-state index is 0.119. The zero-order valence-electron chi connectivity index (χ0n) is 19.1. The van der Waals surface area contributed by atoms with E-state index in [1.807, 2.05) is 0 Å². The summed E-state index contributed by atoms with van der Waals surface area (Å²) in [6.45, 7) is 7.08. The molecule has 6 nitrogen and oxygen atoms in total. The minimum Gasteiger partial charge on any atom is -0.461 e. The number of amides is 1. The highest BCUT2D eigenvalue weighted by Crippen LogP contribution is 2.24. The number of nitrogens with zero attached hydrogens (tertiary/aromatic N) is 1. The Kier molecular flexibility index (Phi) is 7.43. The van der Waals surface area contributed by atoms with Gasteiger partial charge in [-0.15, -0.1) is 0 Å². The smallest absolute Gasteiger partial charge is 0.355 e. The lowest BCUT2D eigenvalue weighted by Gasteiger charge is -2.29. The van der Waals surface area contributed by atoms with Crippen LogP contribution in [-0.4, -0.2) is 40.2 Å². The third-order valence-corrected chi connectivity index (χ3v) is 5.56. The average molecular weight is 451 g/mol. The molecular weight excluding hydrogens is 423 g/mol. The summed E-state index contributed by atoms with van der Waals surface area (Å²) in [5.41, 5.74) is 2.72. The van der Waals surface area contributed by atoms with Crippen LogP contribution in [0.4, 0.5) is 4.39 Å². The molecule has 1 N–H and O–H groups in total. The average Bonchev–Trinajstić information content (AvgIpc) is 3.12. The molecule has 1 atom stereocenters. The van der Waals surface area contributed by atoms with E-state index in [4.69, 9.17) is 4.74 Å². The SMILES string of the molecule is CCOC(=O)c1[nH]c(C)c(C(=O)[C@@H](C)N(Cc2ccc(F)cc2)C(=O)c2ccccc2)c1C. The lowest BCUT2D eigenvalue weighted by Crippen LogP contribution is -2.43. The molecule has 0 aliphatic heterocycles. The van der Waals surface area contributed by atoms with Crippen molar-refractivity contribution >= 4 is 17.7 Å². The van der Waals surface area contributed by atoms with Crippen LogP contribution in [0.25, 0.3) is 0 Å². The number of H-pyrrole nitrogens is 1. The Bertz CT molecular complexity index is 1150. The summed E-state index contributed by atoms with van der Waals surface area (Å²) in [5.74, 6) is -1.54. The molecule has 33 heavy (non-hydrogen) atoms. The van der Waals surface area contributed by atoms with Crippen LogP contribution >= 0.6 is 0 Å². The van der Waals surface area contributed by atoms with E-state index < -0.39 is 12.0 Å². The molecule has 3 rings (SSSR count). The van der Waals surface area contributed by atoms with Gasteiger partial charge in [-0.2, -0.15) is 0 Å². The fourth-order valence-electron chi connectivity index (χ4n) is 3.80. The molecule has 3 aromatic rings. The first kappa shape index (κ1) is 23.9. The molecule has 1 amide bonds. The predicted molar refractivity (Wildman–Crippen MR) is 123 cm³/mol. The Morgan fingerprint density at radius 3 is 2.27 bits per heavy atom. The van der Waals surface area contributed by atoms with Crippen molar-refractivity contribution in [3.63, 3.8) is 0 Å². The number of hydrogen-bond donors (Lipinski definition) is 1. The van der Waals surface area contributed by atoms with Crippen LogP contribution in [0.3, 0.4) is 0 Å². The largest absolute Gasteiger partial charge is 0.461 e. The van der Waals surface area contributed by atoms with Gasteiger partial charge in [-0.05, 0) is 63.1 Å². The zero-order valence-corrected chi connectivity index (χ0v) is 19.1. The Balaban J connectivity index is 1.98. The molecule has 0 unspecified atom stereocenters. The molecule has 172 valence electrons. The van der Waals surface area contributed by atoms with Gasteiger partial charge >= 0.3 is 5.97 Å². The molecule has 0 bridgehead atoms. The lowest BCUT2D eigenvalue weighted by molar-refractivity contribution is 0.0518. The number of ketones is 1. The van der Waals surface area contributed by atoms with Crippen LogP contribution in [-0.2, 0) is 11.3 Å². The number of carbonyl (C=O) groups is 3. The van der Waals surface area contributed by atoms with Gasteiger partial charge in [-0.1, -0.05) is 30.3 Å². The van der Waals surface area contributed by atoms with E-state index in [0.717, 1.165) is 0 Å². The number of rotatable bonds is 8. The van der Waals surface area contributed by atoms with Gasteiger partial charge in [0.1, 0.15) is 11.5 Å². The van der Waals surface area contributed by atoms with Crippen LogP contribution in [0.15, 0.2) is 54.6 Å². The fourth-order valence-corrected chi connectivity index (χ4v) is 3.80. The monoisotopic (exact) mass is 450 g/mol. The molecule has 2 aromatic carbocycles.